The normalized spacial score (nSPS) is 19.2. The van der Waals surface area contributed by atoms with Crippen LogP contribution < -0.4 is 5.32 Å². The Morgan fingerprint density at radius 1 is 1.48 bits per heavy atom. The Labute approximate surface area is 133 Å². The van der Waals surface area contributed by atoms with Gasteiger partial charge in [-0.15, -0.1) is 0 Å². The van der Waals surface area contributed by atoms with Crippen molar-refractivity contribution in [2.45, 2.75) is 45.3 Å². The van der Waals surface area contributed by atoms with Crippen LogP contribution in [0, 0.1) is 0 Å². The molecule has 1 aliphatic rings. The maximum Gasteiger partial charge on any atom is 0.410 e. The van der Waals surface area contributed by atoms with Crippen LogP contribution in [0.25, 0.3) is 0 Å². The zero-order chi connectivity index (χ0) is 15.5. The van der Waals surface area contributed by atoms with E-state index >= 15 is 0 Å². The van der Waals surface area contributed by atoms with Gasteiger partial charge in [-0.1, -0.05) is 0 Å². The molecule has 1 aliphatic heterocycles. The zero-order valence-corrected chi connectivity index (χ0v) is 14.2. The van der Waals surface area contributed by atoms with Gasteiger partial charge in [0.1, 0.15) is 16.0 Å². The second-order valence-electron chi connectivity index (χ2n) is 6.14. The van der Waals surface area contributed by atoms with Crippen LogP contribution in [0.15, 0.2) is 17.0 Å². The van der Waals surface area contributed by atoms with Crippen LogP contribution in [0.3, 0.4) is 0 Å². The summed E-state index contributed by atoms with van der Waals surface area (Å²) in [7, 11) is 0. The average molecular weight is 357 g/mol. The molecule has 1 atom stereocenters. The van der Waals surface area contributed by atoms with Crippen LogP contribution in [0.5, 0.6) is 0 Å². The van der Waals surface area contributed by atoms with Crippen molar-refractivity contribution in [3.63, 3.8) is 0 Å². The number of piperidine rings is 1. The first kappa shape index (κ1) is 16.0. The third-order valence-corrected chi connectivity index (χ3v) is 3.41. The molecule has 0 aliphatic carbocycles. The fourth-order valence-corrected chi connectivity index (χ4v) is 2.52. The summed E-state index contributed by atoms with van der Waals surface area (Å²) < 4.78 is 6.11. The smallest absolute Gasteiger partial charge is 0.410 e. The van der Waals surface area contributed by atoms with E-state index in [1.807, 2.05) is 20.8 Å². The highest BCUT2D eigenvalue weighted by molar-refractivity contribution is 9.10. The number of hydrogen-bond donors (Lipinski definition) is 1. The molecule has 6 nitrogen and oxygen atoms in total. The summed E-state index contributed by atoms with van der Waals surface area (Å²) in [6.45, 7) is 6.98. The maximum absolute atomic E-state index is 12.1. The molecular weight excluding hydrogens is 336 g/mol. The van der Waals surface area contributed by atoms with Crippen LogP contribution in [0.2, 0.25) is 0 Å². The molecule has 0 spiro atoms. The lowest BCUT2D eigenvalue weighted by Crippen LogP contribution is -2.47. The number of ether oxygens (including phenoxy) is 1. The van der Waals surface area contributed by atoms with Gasteiger partial charge >= 0.3 is 6.09 Å². The molecular formula is C14H21BrN4O2. The second kappa shape index (κ2) is 6.60. The van der Waals surface area contributed by atoms with Gasteiger partial charge in [-0.25, -0.2) is 9.78 Å². The molecule has 0 aromatic carbocycles. The molecule has 2 heterocycles. The molecule has 1 saturated heterocycles. The van der Waals surface area contributed by atoms with Crippen molar-refractivity contribution in [3.8, 4) is 0 Å². The van der Waals surface area contributed by atoms with Crippen LogP contribution in [-0.2, 0) is 4.74 Å². The van der Waals surface area contributed by atoms with Crippen molar-refractivity contribution >= 4 is 27.8 Å². The highest BCUT2D eigenvalue weighted by atomic mass is 79.9. The summed E-state index contributed by atoms with van der Waals surface area (Å²) in [6.07, 6.45) is 5.00. The number of anilines is 1. The summed E-state index contributed by atoms with van der Waals surface area (Å²) >= 11 is 3.30. The lowest BCUT2D eigenvalue weighted by atomic mass is 10.1. The molecule has 0 unspecified atom stereocenters. The first-order valence-electron chi connectivity index (χ1n) is 7.05. The van der Waals surface area contributed by atoms with Crippen molar-refractivity contribution in [1.82, 2.24) is 14.9 Å². The molecule has 0 saturated carbocycles. The van der Waals surface area contributed by atoms with E-state index in [4.69, 9.17) is 4.74 Å². The number of hydrogen-bond acceptors (Lipinski definition) is 5. The van der Waals surface area contributed by atoms with E-state index in [-0.39, 0.29) is 12.1 Å². The van der Waals surface area contributed by atoms with E-state index in [1.54, 1.807) is 17.3 Å². The molecule has 116 valence electrons. The monoisotopic (exact) mass is 356 g/mol. The fourth-order valence-electron chi connectivity index (χ4n) is 2.21. The SMILES string of the molecule is CC(C)(C)OC(=O)N1CCC[C@@H](Nc2cncc(Br)n2)C1. The van der Waals surface area contributed by atoms with E-state index < -0.39 is 5.60 Å². The third-order valence-electron chi connectivity index (χ3n) is 3.03. The van der Waals surface area contributed by atoms with Gasteiger partial charge in [0.15, 0.2) is 0 Å². The number of likely N-dealkylation sites (tertiary alicyclic amines) is 1. The lowest BCUT2D eigenvalue weighted by Gasteiger charge is -2.34. The summed E-state index contributed by atoms with van der Waals surface area (Å²) in [5.74, 6) is 0.709. The first-order chi connectivity index (χ1) is 9.83. The minimum atomic E-state index is -0.465. The fraction of sp³-hybridized carbons (Fsp3) is 0.643. The average Bonchev–Trinajstić information content (AvgIpc) is 2.37. The molecule has 1 N–H and O–H groups in total. The first-order valence-corrected chi connectivity index (χ1v) is 7.85. The van der Waals surface area contributed by atoms with Gasteiger partial charge in [0.05, 0.1) is 12.4 Å². The molecule has 7 heteroatoms. The van der Waals surface area contributed by atoms with Crippen molar-refractivity contribution in [1.29, 1.82) is 0 Å². The number of halogens is 1. The standard InChI is InChI=1S/C14H21BrN4O2/c1-14(2,3)21-13(20)19-6-4-5-10(9-19)17-12-8-16-7-11(15)18-12/h7-8,10H,4-6,9H2,1-3H3,(H,17,18)/t10-/m1/s1. The van der Waals surface area contributed by atoms with Crippen molar-refractivity contribution in [2.75, 3.05) is 18.4 Å². The predicted molar refractivity (Wildman–Crippen MR) is 84.2 cm³/mol. The molecule has 1 amide bonds. The minimum Gasteiger partial charge on any atom is -0.444 e. The third kappa shape index (κ3) is 5.15. The molecule has 0 radical (unpaired) electrons. The Kier molecular flexibility index (Phi) is 5.03. The Balaban J connectivity index is 1.93. The summed E-state index contributed by atoms with van der Waals surface area (Å²) in [5.41, 5.74) is -0.465. The largest absolute Gasteiger partial charge is 0.444 e. The number of rotatable bonds is 2. The lowest BCUT2D eigenvalue weighted by molar-refractivity contribution is 0.0206. The minimum absolute atomic E-state index is 0.162. The Bertz CT molecular complexity index is 504. The topological polar surface area (TPSA) is 67.3 Å². The highest BCUT2D eigenvalue weighted by Gasteiger charge is 2.27. The molecule has 2 rings (SSSR count). The number of aromatic nitrogens is 2. The zero-order valence-electron chi connectivity index (χ0n) is 12.6. The van der Waals surface area contributed by atoms with E-state index in [0.717, 1.165) is 19.4 Å². The highest BCUT2D eigenvalue weighted by Crippen LogP contribution is 2.18. The Morgan fingerprint density at radius 3 is 2.90 bits per heavy atom. The van der Waals surface area contributed by atoms with Gasteiger partial charge in [0.25, 0.3) is 0 Å². The van der Waals surface area contributed by atoms with Gasteiger partial charge in [0.2, 0.25) is 0 Å². The number of amides is 1. The quantitative estimate of drug-likeness (QED) is 0.881. The molecule has 1 aromatic rings. The van der Waals surface area contributed by atoms with Gasteiger partial charge in [-0.3, -0.25) is 4.98 Å². The van der Waals surface area contributed by atoms with Crippen LogP contribution >= 0.6 is 15.9 Å². The maximum atomic E-state index is 12.1. The number of nitrogens with one attached hydrogen (secondary N) is 1. The molecule has 0 bridgehead atoms. The summed E-state index contributed by atoms with van der Waals surface area (Å²) in [5, 5.41) is 3.32. The van der Waals surface area contributed by atoms with Gasteiger partial charge < -0.3 is 15.0 Å². The van der Waals surface area contributed by atoms with E-state index in [0.29, 0.717) is 17.0 Å². The van der Waals surface area contributed by atoms with E-state index in [2.05, 4.69) is 31.2 Å². The van der Waals surface area contributed by atoms with Crippen molar-refractivity contribution < 1.29 is 9.53 Å². The van der Waals surface area contributed by atoms with Gasteiger partial charge in [-0.05, 0) is 49.5 Å². The van der Waals surface area contributed by atoms with Crippen LogP contribution in [0.1, 0.15) is 33.6 Å². The Hall–Kier alpha value is -1.37. The van der Waals surface area contributed by atoms with Gasteiger partial charge in [0, 0.05) is 19.1 Å². The summed E-state index contributed by atoms with van der Waals surface area (Å²) in [4.78, 5) is 22.2. The Morgan fingerprint density at radius 2 is 2.24 bits per heavy atom. The summed E-state index contributed by atoms with van der Waals surface area (Å²) in [6, 6.07) is 0.162. The van der Waals surface area contributed by atoms with E-state index in [9.17, 15) is 4.79 Å². The second-order valence-corrected chi connectivity index (χ2v) is 6.95. The number of carbonyl (C=O) groups is 1. The van der Waals surface area contributed by atoms with Crippen molar-refractivity contribution in [2.24, 2.45) is 0 Å². The molecule has 1 fully saturated rings. The number of nitrogens with zero attached hydrogens (tertiary/aromatic N) is 3. The molecule has 1 aromatic heterocycles. The van der Waals surface area contributed by atoms with Gasteiger partial charge in [-0.2, -0.15) is 0 Å². The van der Waals surface area contributed by atoms with Crippen molar-refractivity contribution in [3.05, 3.63) is 17.0 Å². The molecule has 21 heavy (non-hydrogen) atoms. The van der Waals surface area contributed by atoms with Crippen LogP contribution in [0.4, 0.5) is 10.6 Å². The predicted octanol–water partition coefficient (Wildman–Crippen LogP) is 3.05. The van der Waals surface area contributed by atoms with Crippen LogP contribution in [-0.4, -0.2) is 45.7 Å². The van der Waals surface area contributed by atoms with E-state index in [1.165, 1.54) is 0 Å². The number of carbonyl (C=O) groups excluding carboxylic acids is 1.